The van der Waals surface area contributed by atoms with Gasteiger partial charge in [-0.05, 0) is 75.5 Å². The second-order valence-corrected chi connectivity index (χ2v) is 9.74. The van der Waals surface area contributed by atoms with E-state index in [9.17, 15) is 0 Å². The fourth-order valence-electron chi connectivity index (χ4n) is 4.26. The van der Waals surface area contributed by atoms with E-state index in [1.165, 1.54) is 18.4 Å². The van der Waals surface area contributed by atoms with Crippen LogP contribution in [0, 0.1) is 5.92 Å². The number of imidazole rings is 1. The van der Waals surface area contributed by atoms with Gasteiger partial charge in [-0.25, -0.2) is 4.98 Å². The van der Waals surface area contributed by atoms with Crippen LogP contribution in [0.3, 0.4) is 0 Å². The van der Waals surface area contributed by atoms with Gasteiger partial charge in [-0.1, -0.05) is 24.8 Å². The van der Waals surface area contributed by atoms with Crippen molar-refractivity contribution in [3.8, 4) is 22.1 Å². The lowest BCUT2D eigenvalue weighted by atomic mass is 9.91. The predicted molar refractivity (Wildman–Crippen MR) is 138 cm³/mol. The Morgan fingerprint density at radius 1 is 1.15 bits per heavy atom. The van der Waals surface area contributed by atoms with Crippen molar-refractivity contribution in [3.63, 3.8) is 0 Å². The van der Waals surface area contributed by atoms with Gasteiger partial charge in [-0.15, -0.1) is 11.3 Å². The number of piperidine rings is 1. The molecule has 33 heavy (non-hydrogen) atoms. The molecule has 0 radical (unpaired) electrons. The average molecular weight is 457 g/mol. The minimum Gasteiger partial charge on any atom is -0.336 e. The second-order valence-electron chi connectivity index (χ2n) is 8.65. The first-order valence-electron chi connectivity index (χ1n) is 11.2. The summed E-state index contributed by atoms with van der Waals surface area (Å²) < 4.78 is 0. The van der Waals surface area contributed by atoms with Gasteiger partial charge in [0.05, 0.1) is 15.7 Å². The minimum absolute atomic E-state index is 0.641. The standard InChI is InChI=1S/C26H28N6S/c1-15(2)21-7-8-22(33-21)25-24-20(11-14-28-25)29-26(30-24)23-17(4)19(31-32-23)6-5-16(3)18-9-12-27-13-10-18/h5-8,11,14,18,27,31H,1,4,9-10,12-13H2,2-3H3,(H,29,30)/b16-5+,19-6+. The topological polar surface area (TPSA) is 82.3 Å². The fourth-order valence-corrected chi connectivity index (χ4v) is 5.19. The summed E-state index contributed by atoms with van der Waals surface area (Å²) >= 11 is 1.68. The first-order valence-corrected chi connectivity index (χ1v) is 12.1. The van der Waals surface area contributed by atoms with Crippen LogP contribution in [0.5, 0.6) is 0 Å². The van der Waals surface area contributed by atoms with E-state index in [0.29, 0.717) is 11.7 Å². The number of thiophene rings is 1. The molecule has 0 atom stereocenters. The Morgan fingerprint density at radius 3 is 2.73 bits per heavy atom. The number of aromatic nitrogens is 5. The van der Waals surface area contributed by atoms with Crippen molar-refractivity contribution < 1.29 is 0 Å². The van der Waals surface area contributed by atoms with Gasteiger partial charge in [0.1, 0.15) is 16.9 Å². The SMILES string of the molecule is C=C(C)c1ccc(-c2nccc3[nH]c(-c4n[nH]/c(=C/C=C(\C)C5CCNCC5)c4=C)nc23)s1. The van der Waals surface area contributed by atoms with Gasteiger partial charge in [0, 0.05) is 16.3 Å². The molecule has 0 aliphatic carbocycles. The second kappa shape index (κ2) is 8.92. The van der Waals surface area contributed by atoms with Gasteiger partial charge in [-0.3, -0.25) is 10.1 Å². The zero-order valence-corrected chi connectivity index (χ0v) is 19.9. The molecule has 1 fully saturated rings. The number of nitrogens with one attached hydrogen (secondary N) is 3. The van der Waals surface area contributed by atoms with Crippen molar-refractivity contribution in [2.24, 2.45) is 5.92 Å². The number of fused-ring (bicyclic) bond motifs is 1. The molecular weight excluding hydrogens is 428 g/mol. The van der Waals surface area contributed by atoms with Crippen LogP contribution in [0.25, 0.3) is 51.4 Å². The highest BCUT2D eigenvalue weighted by Crippen LogP contribution is 2.33. The number of H-pyrrole nitrogens is 2. The van der Waals surface area contributed by atoms with Gasteiger partial charge in [0.2, 0.25) is 0 Å². The largest absolute Gasteiger partial charge is 0.336 e. The number of nitrogens with zero attached hydrogens (tertiary/aromatic N) is 3. The molecule has 168 valence electrons. The highest BCUT2D eigenvalue weighted by molar-refractivity contribution is 7.16. The monoisotopic (exact) mass is 456 g/mol. The molecule has 0 spiro atoms. The third-order valence-corrected chi connectivity index (χ3v) is 7.53. The number of hydrogen-bond donors (Lipinski definition) is 3. The van der Waals surface area contributed by atoms with Crippen LogP contribution < -0.4 is 15.9 Å². The number of pyridine rings is 1. The molecule has 1 saturated heterocycles. The average Bonchev–Trinajstić information content (AvgIpc) is 3.56. The van der Waals surface area contributed by atoms with Gasteiger partial charge in [0.25, 0.3) is 0 Å². The third kappa shape index (κ3) is 4.21. The maximum atomic E-state index is 4.86. The van der Waals surface area contributed by atoms with Crippen LogP contribution in [0.4, 0.5) is 0 Å². The van der Waals surface area contributed by atoms with Gasteiger partial charge in [0.15, 0.2) is 5.82 Å². The molecule has 0 amide bonds. The molecule has 7 heteroatoms. The molecule has 4 aromatic heterocycles. The molecule has 3 N–H and O–H groups in total. The molecule has 0 aromatic carbocycles. The molecule has 5 heterocycles. The van der Waals surface area contributed by atoms with E-state index in [-0.39, 0.29) is 0 Å². The lowest BCUT2D eigenvalue weighted by molar-refractivity contribution is 0.420. The number of aromatic amines is 2. The molecule has 1 aliphatic heterocycles. The Hall–Kier alpha value is -3.29. The van der Waals surface area contributed by atoms with E-state index >= 15 is 0 Å². The van der Waals surface area contributed by atoms with Crippen LogP contribution in [-0.2, 0) is 0 Å². The summed E-state index contributed by atoms with van der Waals surface area (Å²) in [6.07, 6.45) is 8.46. The zero-order chi connectivity index (χ0) is 22.9. The van der Waals surface area contributed by atoms with Crippen LogP contribution in [0.2, 0.25) is 0 Å². The summed E-state index contributed by atoms with van der Waals surface area (Å²) in [5, 5.41) is 12.8. The molecule has 4 aromatic rings. The molecular formula is C26H28N6S. The predicted octanol–water partition coefficient (Wildman–Crippen LogP) is 4.25. The van der Waals surface area contributed by atoms with Crippen molar-refractivity contribution in [3.05, 3.63) is 58.1 Å². The Kier molecular flexibility index (Phi) is 5.83. The van der Waals surface area contributed by atoms with Crippen molar-refractivity contribution in [1.29, 1.82) is 0 Å². The molecule has 5 rings (SSSR count). The van der Waals surface area contributed by atoms with E-state index in [0.717, 1.165) is 61.4 Å². The number of rotatable bonds is 5. The van der Waals surface area contributed by atoms with Crippen LogP contribution in [0.15, 0.2) is 42.6 Å². The Morgan fingerprint density at radius 2 is 1.97 bits per heavy atom. The third-order valence-electron chi connectivity index (χ3n) is 6.28. The summed E-state index contributed by atoms with van der Waals surface area (Å²) in [6.45, 7) is 14.7. The van der Waals surface area contributed by atoms with E-state index in [1.807, 2.05) is 19.2 Å². The highest BCUT2D eigenvalue weighted by atomic mass is 32.1. The van der Waals surface area contributed by atoms with E-state index in [1.54, 1.807) is 11.3 Å². The number of hydrogen-bond acceptors (Lipinski definition) is 5. The highest BCUT2D eigenvalue weighted by Gasteiger charge is 2.16. The zero-order valence-electron chi connectivity index (χ0n) is 19.0. The summed E-state index contributed by atoms with van der Waals surface area (Å²) in [5.41, 5.74) is 5.79. The molecule has 6 nitrogen and oxygen atoms in total. The normalized spacial score (nSPS) is 16.1. The maximum absolute atomic E-state index is 4.86. The molecule has 1 aliphatic rings. The Labute approximate surface area is 196 Å². The van der Waals surface area contributed by atoms with Crippen molar-refractivity contribution in [2.45, 2.75) is 26.7 Å². The smallest absolute Gasteiger partial charge is 0.159 e. The van der Waals surface area contributed by atoms with Gasteiger partial charge >= 0.3 is 0 Å². The first-order chi connectivity index (χ1) is 16.0. The summed E-state index contributed by atoms with van der Waals surface area (Å²) in [6, 6.07) is 6.10. The minimum atomic E-state index is 0.641. The molecule has 0 bridgehead atoms. The summed E-state index contributed by atoms with van der Waals surface area (Å²) in [4.78, 5) is 15.1. The van der Waals surface area contributed by atoms with Crippen LogP contribution in [-0.4, -0.2) is 38.2 Å². The summed E-state index contributed by atoms with van der Waals surface area (Å²) in [5.74, 6) is 1.33. The van der Waals surface area contributed by atoms with Crippen LogP contribution in [0.1, 0.15) is 31.6 Å². The van der Waals surface area contributed by atoms with Crippen molar-refractivity contribution in [1.82, 2.24) is 30.5 Å². The molecule has 0 saturated carbocycles. The molecule has 0 unspecified atom stereocenters. The Balaban J connectivity index is 1.49. The lowest BCUT2D eigenvalue weighted by Crippen LogP contribution is -2.28. The van der Waals surface area contributed by atoms with Crippen molar-refractivity contribution >= 4 is 40.6 Å². The quantitative estimate of drug-likeness (QED) is 0.419. The van der Waals surface area contributed by atoms with Crippen LogP contribution >= 0.6 is 11.3 Å². The number of allylic oxidation sites excluding steroid dienone is 3. The fraction of sp³-hybridized carbons (Fsp3) is 0.269. The van der Waals surface area contributed by atoms with Crippen molar-refractivity contribution in [2.75, 3.05) is 13.1 Å². The van der Waals surface area contributed by atoms with E-state index < -0.39 is 0 Å². The Bertz CT molecular complexity index is 1460. The van der Waals surface area contributed by atoms with E-state index in [4.69, 9.17) is 4.98 Å². The summed E-state index contributed by atoms with van der Waals surface area (Å²) in [7, 11) is 0. The van der Waals surface area contributed by atoms with E-state index in [2.05, 4.69) is 69.8 Å². The first kappa shape index (κ1) is 21.6. The van der Waals surface area contributed by atoms with Gasteiger partial charge in [-0.2, -0.15) is 5.10 Å². The maximum Gasteiger partial charge on any atom is 0.159 e. The lowest BCUT2D eigenvalue weighted by Gasteiger charge is -2.23. The van der Waals surface area contributed by atoms with Gasteiger partial charge < -0.3 is 10.3 Å².